The highest BCUT2D eigenvalue weighted by Crippen LogP contribution is 2.23. The van der Waals surface area contributed by atoms with Crippen LogP contribution in [-0.4, -0.2) is 57.2 Å². The van der Waals surface area contributed by atoms with Crippen molar-refractivity contribution in [1.82, 2.24) is 5.32 Å². The van der Waals surface area contributed by atoms with Gasteiger partial charge in [-0.2, -0.15) is 0 Å². The molecule has 3 atom stereocenters. The van der Waals surface area contributed by atoms with Crippen LogP contribution in [0.1, 0.15) is 13.8 Å². The van der Waals surface area contributed by atoms with Crippen LogP contribution in [0.25, 0.3) is 0 Å². The van der Waals surface area contributed by atoms with E-state index in [1.165, 1.54) is 0 Å². The molecule has 20 heavy (non-hydrogen) atoms. The van der Waals surface area contributed by atoms with E-state index in [0.29, 0.717) is 5.90 Å². The summed E-state index contributed by atoms with van der Waals surface area (Å²) < 4.78 is 5.43. The molecule has 0 aliphatic carbocycles. The molecule has 1 rings (SSSR count). The molecule has 0 bridgehead atoms. The van der Waals surface area contributed by atoms with E-state index in [1.54, 1.807) is 7.11 Å². The summed E-state index contributed by atoms with van der Waals surface area (Å²) in [5.41, 5.74) is 0. The Labute approximate surface area is 122 Å². The molecule has 0 saturated heterocycles. The van der Waals surface area contributed by atoms with Crippen molar-refractivity contribution >= 4 is 20.3 Å². The van der Waals surface area contributed by atoms with Crippen LogP contribution in [0.4, 0.5) is 0 Å². The van der Waals surface area contributed by atoms with Gasteiger partial charge >= 0.3 is 0 Å². The number of carbonyl (C=O) groups is 1. The number of rotatable bonds is 6. The minimum absolute atomic E-state index is 0.0154. The molecule has 0 radical (unpaired) electrons. The fraction of sp³-hybridized carbons (Fsp3) is 0.857. The number of carbonyl (C=O) groups excluding carboxylic acids is 1. The summed E-state index contributed by atoms with van der Waals surface area (Å²) in [6.45, 7) is 8.82. The van der Waals surface area contributed by atoms with E-state index in [-0.39, 0.29) is 30.7 Å². The SMILES string of the molecule is COC1=N[C@H](C(C)C)C(C=O)N[C@H]1C[Si](C)(C)CCO. The predicted octanol–water partition coefficient (Wildman–Crippen LogP) is 1.30. The zero-order chi connectivity index (χ0) is 15.3. The summed E-state index contributed by atoms with van der Waals surface area (Å²) in [4.78, 5) is 15.9. The first kappa shape index (κ1) is 17.3. The summed E-state index contributed by atoms with van der Waals surface area (Å²) in [7, 11) is 0.102. The van der Waals surface area contributed by atoms with Gasteiger partial charge in [0.25, 0.3) is 0 Å². The van der Waals surface area contributed by atoms with Crippen molar-refractivity contribution < 1.29 is 14.6 Å². The predicted molar refractivity (Wildman–Crippen MR) is 84.0 cm³/mol. The molecule has 1 aliphatic heterocycles. The fourth-order valence-corrected chi connectivity index (χ4v) is 4.91. The molecule has 1 unspecified atom stereocenters. The summed E-state index contributed by atoms with van der Waals surface area (Å²) >= 11 is 0. The van der Waals surface area contributed by atoms with E-state index in [0.717, 1.165) is 18.4 Å². The van der Waals surface area contributed by atoms with Gasteiger partial charge in [-0.05, 0) is 18.0 Å². The maximum Gasteiger partial charge on any atom is 0.200 e. The Morgan fingerprint density at radius 1 is 1.50 bits per heavy atom. The minimum atomic E-state index is -1.53. The number of aliphatic hydroxyl groups excluding tert-OH is 1. The second kappa shape index (κ2) is 7.33. The number of aldehydes is 1. The monoisotopic (exact) mass is 300 g/mol. The summed E-state index contributed by atoms with van der Waals surface area (Å²) in [5, 5.41) is 12.5. The van der Waals surface area contributed by atoms with Crippen molar-refractivity contribution in [1.29, 1.82) is 0 Å². The molecule has 0 spiro atoms. The highest BCUT2D eigenvalue weighted by Gasteiger charge is 2.37. The van der Waals surface area contributed by atoms with Crippen molar-refractivity contribution in [3.63, 3.8) is 0 Å². The van der Waals surface area contributed by atoms with Crippen LogP contribution in [0.15, 0.2) is 4.99 Å². The van der Waals surface area contributed by atoms with Gasteiger partial charge in [0.15, 0.2) is 0 Å². The molecule has 0 aromatic rings. The van der Waals surface area contributed by atoms with Crippen molar-refractivity contribution in [3.05, 3.63) is 0 Å². The standard InChI is InChI=1S/C14H28N2O3Si/c1-10(2)13-11(8-18)15-12(14(16-13)19-3)9-20(4,5)7-6-17/h8,10-13,15,17H,6-7,9H2,1-5H3/t11?,12-,13+/m0/s1. The van der Waals surface area contributed by atoms with Crippen LogP contribution < -0.4 is 5.32 Å². The van der Waals surface area contributed by atoms with E-state index < -0.39 is 8.07 Å². The van der Waals surface area contributed by atoms with Crippen LogP contribution in [-0.2, 0) is 9.53 Å². The molecule has 1 aliphatic rings. The molecule has 0 saturated carbocycles. The number of aliphatic imine (C=N–C) groups is 1. The third-order valence-electron chi connectivity index (χ3n) is 3.92. The molecule has 0 fully saturated rings. The van der Waals surface area contributed by atoms with Gasteiger partial charge in [0, 0.05) is 6.61 Å². The molecule has 116 valence electrons. The molecule has 6 heteroatoms. The number of hydrogen-bond acceptors (Lipinski definition) is 5. The van der Waals surface area contributed by atoms with E-state index in [4.69, 9.17) is 9.84 Å². The zero-order valence-electron chi connectivity index (χ0n) is 13.2. The van der Waals surface area contributed by atoms with Gasteiger partial charge in [-0.3, -0.25) is 5.32 Å². The number of methoxy groups -OCH3 is 1. The minimum Gasteiger partial charge on any atom is -0.483 e. The van der Waals surface area contributed by atoms with Crippen molar-refractivity contribution in [3.8, 4) is 0 Å². The Bertz CT molecular complexity index is 358. The summed E-state index contributed by atoms with van der Waals surface area (Å²) in [6.07, 6.45) is 0.953. The van der Waals surface area contributed by atoms with Gasteiger partial charge in [0.05, 0.1) is 33.3 Å². The van der Waals surface area contributed by atoms with Crippen LogP contribution in [0.3, 0.4) is 0 Å². The largest absolute Gasteiger partial charge is 0.483 e. The Hall–Kier alpha value is -0.723. The smallest absolute Gasteiger partial charge is 0.200 e. The first-order valence-corrected chi connectivity index (χ1v) is 10.7. The topological polar surface area (TPSA) is 70.9 Å². The molecule has 2 N–H and O–H groups in total. The van der Waals surface area contributed by atoms with E-state index in [1.807, 2.05) is 0 Å². The van der Waals surface area contributed by atoms with Crippen molar-refractivity contribution in [2.24, 2.45) is 10.9 Å². The normalized spacial score (nSPS) is 27.4. The molecular weight excluding hydrogens is 272 g/mol. The lowest BCUT2D eigenvalue weighted by molar-refractivity contribution is -0.110. The maximum absolute atomic E-state index is 11.3. The highest BCUT2D eigenvalue weighted by molar-refractivity contribution is 6.77. The van der Waals surface area contributed by atoms with Crippen LogP contribution in [0.5, 0.6) is 0 Å². The Kier molecular flexibility index (Phi) is 6.35. The average Bonchev–Trinajstić information content (AvgIpc) is 2.37. The van der Waals surface area contributed by atoms with Gasteiger partial charge in [0.1, 0.15) is 6.29 Å². The van der Waals surface area contributed by atoms with Gasteiger partial charge < -0.3 is 14.6 Å². The van der Waals surface area contributed by atoms with Crippen LogP contribution in [0.2, 0.25) is 25.2 Å². The number of hydrogen-bond donors (Lipinski definition) is 2. The Morgan fingerprint density at radius 2 is 2.15 bits per heavy atom. The lowest BCUT2D eigenvalue weighted by Gasteiger charge is -2.37. The van der Waals surface area contributed by atoms with Crippen LogP contribution >= 0.6 is 0 Å². The molecule has 0 aromatic carbocycles. The van der Waals surface area contributed by atoms with Gasteiger partial charge in [0.2, 0.25) is 5.90 Å². The molecule has 0 amide bonds. The molecular formula is C14H28N2O3Si. The summed E-state index contributed by atoms with van der Waals surface area (Å²) in [6, 6.07) is 1.43. The molecule has 1 heterocycles. The number of ether oxygens (including phenoxy) is 1. The first-order valence-electron chi connectivity index (χ1n) is 7.28. The Balaban J connectivity index is 2.91. The van der Waals surface area contributed by atoms with Crippen molar-refractivity contribution in [2.45, 2.75) is 57.2 Å². The second-order valence-electron chi connectivity index (χ2n) is 6.63. The first-order chi connectivity index (χ1) is 9.34. The fourth-order valence-electron chi connectivity index (χ4n) is 2.70. The lowest BCUT2D eigenvalue weighted by atomic mass is 9.95. The molecule has 5 nitrogen and oxygen atoms in total. The van der Waals surface area contributed by atoms with Gasteiger partial charge in [-0.1, -0.05) is 26.9 Å². The highest BCUT2D eigenvalue weighted by atomic mass is 28.3. The third-order valence-corrected chi connectivity index (χ3v) is 7.01. The third kappa shape index (κ3) is 4.39. The van der Waals surface area contributed by atoms with Gasteiger partial charge in [-0.25, -0.2) is 4.99 Å². The zero-order valence-corrected chi connectivity index (χ0v) is 14.2. The summed E-state index contributed by atoms with van der Waals surface area (Å²) in [5.74, 6) is 0.979. The number of nitrogens with one attached hydrogen (secondary N) is 1. The average molecular weight is 300 g/mol. The van der Waals surface area contributed by atoms with E-state index in [2.05, 4.69) is 37.3 Å². The lowest BCUT2D eigenvalue weighted by Crippen LogP contribution is -2.57. The number of aliphatic hydroxyl groups is 1. The maximum atomic E-state index is 11.3. The quantitative estimate of drug-likeness (QED) is 0.573. The Morgan fingerprint density at radius 3 is 2.60 bits per heavy atom. The number of nitrogens with zero attached hydrogens (tertiary/aromatic N) is 1. The van der Waals surface area contributed by atoms with Crippen molar-refractivity contribution in [2.75, 3.05) is 13.7 Å². The van der Waals surface area contributed by atoms with E-state index in [9.17, 15) is 4.79 Å². The molecule has 0 aromatic heterocycles. The van der Waals surface area contributed by atoms with Gasteiger partial charge in [-0.15, -0.1) is 0 Å². The van der Waals surface area contributed by atoms with E-state index >= 15 is 0 Å². The van der Waals surface area contributed by atoms with Crippen LogP contribution in [0, 0.1) is 5.92 Å². The second-order valence-corrected chi connectivity index (χ2v) is 11.9.